The van der Waals surface area contributed by atoms with Crippen molar-refractivity contribution in [1.29, 1.82) is 0 Å². The van der Waals surface area contributed by atoms with Gasteiger partial charge < -0.3 is 10.2 Å². The zero-order valence-electron chi connectivity index (χ0n) is 11.4. The summed E-state index contributed by atoms with van der Waals surface area (Å²) in [6.45, 7) is 8.59. The zero-order chi connectivity index (χ0) is 12.7. The van der Waals surface area contributed by atoms with Crippen LogP contribution in [-0.2, 0) is 0 Å². The molecule has 0 aromatic rings. The average molecular weight is 236 g/mol. The molecule has 2 N–H and O–H groups in total. The third kappa shape index (κ3) is 1.14. The van der Waals surface area contributed by atoms with Crippen LogP contribution in [0.5, 0.6) is 0 Å². The van der Waals surface area contributed by atoms with Gasteiger partial charge in [-0.25, -0.2) is 0 Å². The van der Waals surface area contributed by atoms with E-state index < -0.39 is 11.2 Å². The zero-order valence-corrected chi connectivity index (χ0v) is 11.4. The van der Waals surface area contributed by atoms with Gasteiger partial charge in [0.05, 0.1) is 11.2 Å². The molecule has 0 aromatic carbocycles. The molecule has 1 spiro atoms. The summed E-state index contributed by atoms with van der Waals surface area (Å²) in [7, 11) is 0. The normalized spacial score (nSPS) is 55.6. The van der Waals surface area contributed by atoms with Crippen molar-refractivity contribution in [3.8, 4) is 0 Å². The van der Waals surface area contributed by atoms with E-state index in [9.17, 15) is 10.2 Å². The van der Waals surface area contributed by atoms with E-state index in [1.165, 1.54) is 5.57 Å². The van der Waals surface area contributed by atoms with Gasteiger partial charge in [-0.15, -0.1) is 0 Å². The van der Waals surface area contributed by atoms with Crippen molar-refractivity contribution in [3.05, 3.63) is 11.6 Å². The molecule has 0 aliphatic heterocycles. The van der Waals surface area contributed by atoms with Crippen molar-refractivity contribution in [1.82, 2.24) is 0 Å². The summed E-state index contributed by atoms with van der Waals surface area (Å²) in [6.07, 6.45) is 5.51. The smallest absolute Gasteiger partial charge is 0.0920 e. The lowest BCUT2D eigenvalue weighted by Crippen LogP contribution is -2.53. The van der Waals surface area contributed by atoms with Crippen molar-refractivity contribution in [2.75, 3.05) is 0 Å². The molecule has 4 atom stereocenters. The molecule has 0 heterocycles. The van der Waals surface area contributed by atoms with E-state index in [1.807, 2.05) is 13.0 Å². The van der Waals surface area contributed by atoms with Crippen LogP contribution in [0.25, 0.3) is 0 Å². The Morgan fingerprint density at radius 2 is 1.82 bits per heavy atom. The predicted molar refractivity (Wildman–Crippen MR) is 67.5 cm³/mol. The second-order valence-electron chi connectivity index (χ2n) is 7.66. The maximum absolute atomic E-state index is 11.0. The molecule has 0 aromatic heterocycles. The molecule has 3 aliphatic carbocycles. The topological polar surface area (TPSA) is 40.5 Å². The Balaban J connectivity index is 2.19. The fourth-order valence-electron chi connectivity index (χ4n) is 5.27. The Hall–Kier alpha value is -0.340. The molecular weight excluding hydrogens is 212 g/mol. The first-order chi connectivity index (χ1) is 7.64. The third-order valence-electron chi connectivity index (χ3n) is 5.85. The molecule has 0 amide bonds. The molecule has 0 radical (unpaired) electrons. The molecule has 3 rings (SSSR count). The second-order valence-corrected chi connectivity index (χ2v) is 7.66. The molecule has 0 saturated heterocycles. The monoisotopic (exact) mass is 236 g/mol. The van der Waals surface area contributed by atoms with Crippen LogP contribution < -0.4 is 0 Å². The molecule has 17 heavy (non-hydrogen) atoms. The summed E-state index contributed by atoms with van der Waals surface area (Å²) < 4.78 is 0. The van der Waals surface area contributed by atoms with Crippen LogP contribution in [0, 0.1) is 16.7 Å². The van der Waals surface area contributed by atoms with E-state index in [-0.39, 0.29) is 10.8 Å². The first-order valence-electron chi connectivity index (χ1n) is 6.78. The molecule has 0 bridgehead atoms. The van der Waals surface area contributed by atoms with Crippen LogP contribution in [-0.4, -0.2) is 21.4 Å². The minimum atomic E-state index is -0.765. The van der Waals surface area contributed by atoms with Crippen molar-refractivity contribution in [2.45, 2.75) is 64.6 Å². The molecule has 3 aliphatic rings. The summed E-state index contributed by atoms with van der Waals surface area (Å²) in [5, 5.41) is 21.8. The largest absolute Gasteiger partial charge is 0.389 e. The van der Waals surface area contributed by atoms with Crippen molar-refractivity contribution >= 4 is 0 Å². The lowest BCUT2D eigenvalue weighted by atomic mass is 9.63. The van der Waals surface area contributed by atoms with Crippen LogP contribution in [0.2, 0.25) is 0 Å². The molecular formula is C15H24O2. The molecule has 2 nitrogen and oxygen atoms in total. The van der Waals surface area contributed by atoms with Crippen LogP contribution >= 0.6 is 0 Å². The average Bonchev–Trinajstić information content (AvgIpc) is 2.64. The lowest BCUT2D eigenvalue weighted by molar-refractivity contribution is -0.129. The Morgan fingerprint density at radius 1 is 1.18 bits per heavy atom. The van der Waals surface area contributed by atoms with Crippen LogP contribution in [0.4, 0.5) is 0 Å². The Kier molecular flexibility index (Phi) is 1.93. The first-order valence-corrected chi connectivity index (χ1v) is 6.78. The Morgan fingerprint density at radius 3 is 2.47 bits per heavy atom. The Bertz CT molecular complexity index is 407. The van der Waals surface area contributed by atoms with Crippen molar-refractivity contribution in [2.24, 2.45) is 16.7 Å². The van der Waals surface area contributed by atoms with E-state index in [0.29, 0.717) is 12.3 Å². The van der Waals surface area contributed by atoms with E-state index in [4.69, 9.17) is 0 Å². The van der Waals surface area contributed by atoms with E-state index in [1.54, 1.807) is 0 Å². The first kappa shape index (κ1) is 11.7. The van der Waals surface area contributed by atoms with E-state index in [2.05, 4.69) is 20.8 Å². The molecule has 1 unspecified atom stereocenters. The highest BCUT2D eigenvalue weighted by molar-refractivity contribution is 5.38. The van der Waals surface area contributed by atoms with Crippen molar-refractivity contribution < 1.29 is 10.2 Å². The van der Waals surface area contributed by atoms with Gasteiger partial charge in [0, 0.05) is 5.41 Å². The number of hydrogen-bond acceptors (Lipinski definition) is 2. The van der Waals surface area contributed by atoms with Gasteiger partial charge in [-0.05, 0) is 50.9 Å². The minimum absolute atomic E-state index is 0.225. The van der Waals surface area contributed by atoms with Gasteiger partial charge in [0.2, 0.25) is 0 Å². The quantitative estimate of drug-likeness (QED) is 0.635. The van der Waals surface area contributed by atoms with Gasteiger partial charge in [0.1, 0.15) is 0 Å². The standard InChI is InChI=1S/C15H24O2/c1-10-7-14(17)6-5-13(4,16)15(14)9-12(2,3)8-11(10)15/h7,11,16-17H,5-6,8-9H2,1-4H3/t11-,13+,14-,15?/m0/s1. The van der Waals surface area contributed by atoms with E-state index in [0.717, 1.165) is 19.3 Å². The van der Waals surface area contributed by atoms with Crippen LogP contribution in [0.1, 0.15) is 53.4 Å². The second kappa shape index (κ2) is 2.80. The van der Waals surface area contributed by atoms with Crippen molar-refractivity contribution in [3.63, 3.8) is 0 Å². The van der Waals surface area contributed by atoms with Gasteiger partial charge in [-0.2, -0.15) is 0 Å². The summed E-state index contributed by atoms with van der Waals surface area (Å²) in [6, 6.07) is 0. The third-order valence-corrected chi connectivity index (χ3v) is 5.85. The van der Waals surface area contributed by atoms with Gasteiger partial charge in [0.25, 0.3) is 0 Å². The molecule has 2 fully saturated rings. The van der Waals surface area contributed by atoms with Gasteiger partial charge >= 0.3 is 0 Å². The number of allylic oxidation sites excluding steroid dienone is 1. The highest BCUT2D eigenvalue weighted by Gasteiger charge is 2.73. The number of rotatable bonds is 0. The summed E-state index contributed by atoms with van der Waals surface area (Å²) in [4.78, 5) is 0. The molecule has 96 valence electrons. The van der Waals surface area contributed by atoms with Gasteiger partial charge in [-0.3, -0.25) is 0 Å². The molecule has 2 saturated carbocycles. The van der Waals surface area contributed by atoms with E-state index >= 15 is 0 Å². The number of hydrogen-bond donors (Lipinski definition) is 2. The lowest BCUT2D eigenvalue weighted by Gasteiger charge is -2.45. The van der Waals surface area contributed by atoms with Crippen LogP contribution in [0.15, 0.2) is 11.6 Å². The van der Waals surface area contributed by atoms with Crippen LogP contribution in [0.3, 0.4) is 0 Å². The van der Waals surface area contributed by atoms with Gasteiger partial charge in [0.15, 0.2) is 0 Å². The SMILES string of the molecule is CC1=C[C@@]2(O)CC[C@@](C)(O)C23CC(C)(C)C[C@@H]13. The molecule has 2 heteroatoms. The fraction of sp³-hybridized carbons (Fsp3) is 0.867. The summed E-state index contributed by atoms with van der Waals surface area (Å²) >= 11 is 0. The summed E-state index contributed by atoms with van der Waals surface area (Å²) in [5.74, 6) is 0.361. The van der Waals surface area contributed by atoms with Gasteiger partial charge in [-0.1, -0.05) is 25.5 Å². The summed E-state index contributed by atoms with van der Waals surface area (Å²) in [5.41, 5.74) is -0.304. The minimum Gasteiger partial charge on any atom is -0.389 e. The predicted octanol–water partition coefficient (Wildman–Crippen LogP) is 2.64. The maximum atomic E-state index is 11.0. The fourth-order valence-corrected chi connectivity index (χ4v) is 5.27. The Labute approximate surface area is 104 Å². The highest BCUT2D eigenvalue weighted by Crippen LogP contribution is 2.72. The highest BCUT2D eigenvalue weighted by atomic mass is 16.3. The number of aliphatic hydroxyl groups is 2. The maximum Gasteiger partial charge on any atom is 0.0920 e.